The van der Waals surface area contributed by atoms with Gasteiger partial charge in [-0.1, -0.05) is 137 Å². The lowest BCUT2D eigenvalue weighted by atomic mass is 9.76. The third-order valence-corrected chi connectivity index (χ3v) is 16.1. The highest BCUT2D eigenvalue weighted by molar-refractivity contribution is 6.09. The van der Waals surface area contributed by atoms with E-state index in [9.17, 15) is 4.79 Å². The van der Waals surface area contributed by atoms with Gasteiger partial charge in [0.05, 0.1) is 19.6 Å². The minimum absolute atomic E-state index is 0.186. The molecule has 0 radical (unpaired) electrons. The summed E-state index contributed by atoms with van der Waals surface area (Å²) in [7, 11) is 3.24. The van der Waals surface area contributed by atoms with Gasteiger partial charge in [0.15, 0.2) is 5.60 Å². The van der Waals surface area contributed by atoms with E-state index in [0.29, 0.717) is 39.8 Å². The van der Waals surface area contributed by atoms with Crippen molar-refractivity contribution in [1.29, 1.82) is 0 Å². The van der Waals surface area contributed by atoms with Crippen molar-refractivity contribution in [3.8, 4) is 50.6 Å². The lowest BCUT2D eigenvalue weighted by Gasteiger charge is -2.38. The fraction of sp³-hybridized carbons (Fsp3) is 0.258. The Bertz CT molecular complexity index is 3320. The normalized spacial score (nSPS) is 17.0. The van der Waals surface area contributed by atoms with Gasteiger partial charge in [-0.25, -0.2) is 8.78 Å². The van der Waals surface area contributed by atoms with Gasteiger partial charge < -0.3 is 19.5 Å². The minimum atomic E-state index is -1.17. The number of methoxy groups -OCH3 is 2. The van der Waals surface area contributed by atoms with E-state index in [0.717, 1.165) is 73.2 Å². The van der Waals surface area contributed by atoms with Gasteiger partial charge >= 0.3 is 0 Å². The zero-order valence-electron chi connectivity index (χ0n) is 42.3. The van der Waals surface area contributed by atoms with E-state index in [-0.39, 0.29) is 11.3 Å². The van der Waals surface area contributed by atoms with E-state index in [4.69, 9.17) is 14.2 Å². The van der Waals surface area contributed by atoms with Crippen molar-refractivity contribution >= 4 is 28.4 Å². The van der Waals surface area contributed by atoms with Gasteiger partial charge in [0.1, 0.15) is 28.9 Å². The van der Waals surface area contributed by atoms with E-state index >= 15 is 8.78 Å². The van der Waals surface area contributed by atoms with Crippen molar-refractivity contribution in [3.05, 3.63) is 208 Å². The van der Waals surface area contributed by atoms with E-state index < -0.39 is 22.7 Å². The maximum Gasteiger partial charge on any atom is 0.255 e. The fourth-order valence-corrected chi connectivity index (χ4v) is 12.1. The van der Waals surface area contributed by atoms with Crippen molar-refractivity contribution in [2.24, 2.45) is 5.92 Å². The Balaban J connectivity index is 0.851. The Kier molecular flexibility index (Phi) is 12.8. The topological polar surface area (TPSA) is 56.8 Å². The maximum absolute atomic E-state index is 16.7. The van der Waals surface area contributed by atoms with Crippen molar-refractivity contribution < 1.29 is 27.8 Å². The van der Waals surface area contributed by atoms with E-state index in [1.807, 2.05) is 109 Å². The summed E-state index contributed by atoms with van der Waals surface area (Å²) in [6.45, 7) is 6.60. The fourth-order valence-electron chi connectivity index (χ4n) is 12.1. The Morgan fingerprint density at radius 3 is 1.89 bits per heavy atom. The molecule has 0 spiro atoms. The predicted molar refractivity (Wildman–Crippen MR) is 292 cm³/mol. The first-order valence-electron chi connectivity index (χ1n) is 25.9. The number of hydrogen-bond acceptors (Lipinski definition) is 4. The molecule has 0 unspecified atom stereocenters. The molecule has 2 aliphatic carbocycles. The second-order valence-electron chi connectivity index (χ2n) is 20.8. The lowest BCUT2D eigenvalue weighted by Crippen LogP contribution is -2.35. The largest absolute Gasteiger partial charge is 0.497 e. The van der Waals surface area contributed by atoms with Gasteiger partial charge in [0.2, 0.25) is 0 Å². The minimum Gasteiger partial charge on any atom is -0.497 e. The SMILES string of the molecule is CCCCC[C@H]1CC[C@H](c2ccc(-c3ccc(C(=O)Nc4ccc(-c5ccc6c(c5)-c5c(c7c(c8c(F)cc(F)cc58)OC(c5ccc(OC)cc5)(c5ccc(OC)cc5)C=C7)C6(C)C)cc4)cc3)cc2)CC1. The number of fused-ring (bicyclic) bond motifs is 8. The van der Waals surface area contributed by atoms with Gasteiger partial charge in [-0.2, -0.15) is 0 Å². The summed E-state index contributed by atoms with van der Waals surface area (Å²) in [6.07, 6.45) is 14.7. The highest BCUT2D eigenvalue weighted by atomic mass is 19.1. The van der Waals surface area contributed by atoms with Crippen molar-refractivity contribution in [2.75, 3.05) is 19.5 Å². The Labute approximate surface area is 427 Å². The molecule has 3 aliphatic rings. The number of amides is 1. The number of carbonyl (C=O) groups excluding carboxylic acids is 1. The van der Waals surface area contributed by atoms with Crippen LogP contribution in [0.25, 0.3) is 50.2 Å². The number of anilines is 1. The number of unbranched alkanes of at least 4 members (excludes halogenated alkanes) is 2. The molecule has 8 aromatic rings. The number of halogens is 2. The molecule has 7 heteroatoms. The molecule has 0 aromatic heterocycles. The first kappa shape index (κ1) is 47.8. The summed E-state index contributed by atoms with van der Waals surface area (Å²) in [4.78, 5) is 13.5. The molecule has 0 bridgehead atoms. The summed E-state index contributed by atoms with van der Waals surface area (Å²) >= 11 is 0. The Morgan fingerprint density at radius 1 is 0.685 bits per heavy atom. The number of benzene rings is 8. The standard InChI is InChI=1S/C66H61F2NO4/c1-6-7-8-9-41-10-12-42(13-11-41)43-14-16-44(17-15-43)45-18-20-47(21-19-45)64(70)69-52-29-22-46(23-30-52)48-24-35-58-56(38-48)60-57-39-51(67)40-59(68)61(57)63-55(62(60)65(58,2)3)36-37-66(73-63,49-25-31-53(71-4)32-26-49)50-27-33-54(72-5)34-28-50/h14-42H,6-13H2,1-5H3,(H,69,70)/t41-,42-. The number of rotatable bonds is 13. The van der Waals surface area contributed by atoms with Crippen LogP contribution in [0, 0.1) is 17.6 Å². The average molecular weight is 970 g/mol. The van der Waals surface area contributed by atoms with Gasteiger partial charge in [-0.15, -0.1) is 0 Å². The van der Waals surface area contributed by atoms with Crippen LogP contribution >= 0.6 is 0 Å². The molecular formula is C66H61F2NO4. The summed E-state index contributed by atoms with van der Waals surface area (Å²) < 4.78 is 50.6. The second-order valence-corrected chi connectivity index (χ2v) is 20.8. The third-order valence-electron chi connectivity index (χ3n) is 16.1. The molecule has 1 amide bonds. The quantitative estimate of drug-likeness (QED) is 0.117. The van der Waals surface area contributed by atoms with Crippen molar-refractivity contribution in [3.63, 3.8) is 0 Å². The lowest BCUT2D eigenvalue weighted by molar-refractivity contribution is 0.102. The highest BCUT2D eigenvalue weighted by Gasteiger charge is 2.45. The van der Waals surface area contributed by atoms with Crippen LogP contribution in [0.1, 0.15) is 122 Å². The number of hydrogen-bond donors (Lipinski definition) is 1. The first-order valence-corrected chi connectivity index (χ1v) is 25.9. The van der Waals surface area contributed by atoms with Crippen LogP contribution in [0.2, 0.25) is 0 Å². The van der Waals surface area contributed by atoms with Crippen LogP contribution in [0.3, 0.4) is 0 Å². The number of nitrogens with one attached hydrogen (secondary N) is 1. The van der Waals surface area contributed by atoms with Crippen LogP contribution in [-0.2, 0) is 11.0 Å². The summed E-state index contributed by atoms with van der Waals surface area (Å²) in [5.74, 6) is 1.71. The molecule has 0 atom stereocenters. The highest BCUT2D eigenvalue weighted by Crippen LogP contribution is 2.59. The van der Waals surface area contributed by atoms with Gasteiger partial charge in [-0.3, -0.25) is 4.79 Å². The van der Waals surface area contributed by atoms with E-state index in [1.54, 1.807) is 14.2 Å². The van der Waals surface area contributed by atoms with E-state index in [2.05, 4.69) is 68.6 Å². The molecule has 368 valence electrons. The smallest absolute Gasteiger partial charge is 0.255 e. The van der Waals surface area contributed by atoms with E-state index in [1.165, 1.54) is 63.0 Å². The maximum atomic E-state index is 16.7. The first-order chi connectivity index (χ1) is 35.5. The van der Waals surface area contributed by atoms with Crippen molar-refractivity contribution in [1.82, 2.24) is 0 Å². The molecule has 1 N–H and O–H groups in total. The van der Waals surface area contributed by atoms with Crippen LogP contribution < -0.4 is 19.5 Å². The monoisotopic (exact) mass is 969 g/mol. The molecule has 1 aliphatic heterocycles. The molecule has 1 saturated carbocycles. The predicted octanol–water partition coefficient (Wildman–Crippen LogP) is 17.2. The molecule has 8 aromatic carbocycles. The molecular weight excluding hydrogens is 909 g/mol. The Morgan fingerprint density at radius 2 is 1.27 bits per heavy atom. The molecule has 73 heavy (non-hydrogen) atoms. The molecule has 5 nitrogen and oxygen atoms in total. The average Bonchev–Trinajstić information content (AvgIpc) is 3.67. The summed E-state index contributed by atoms with van der Waals surface area (Å²) in [6, 6.07) is 48.6. The number of carbonyl (C=O) groups is 1. The van der Waals surface area contributed by atoms with Crippen LogP contribution in [0.4, 0.5) is 14.5 Å². The second kappa shape index (κ2) is 19.5. The van der Waals surface area contributed by atoms with Crippen molar-refractivity contribution in [2.45, 2.75) is 89.1 Å². The molecule has 1 fully saturated rings. The molecule has 1 heterocycles. The molecule has 0 saturated heterocycles. The number of ether oxygens (including phenoxy) is 3. The van der Waals surface area contributed by atoms with Gasteiger partial charge in [0.25, 0.3) is 5.91 Å². The van der Waals surface area contributed by atoms with Gasteiger partial charge in [0, 0.05) is 39.4 Å². The van der Waals surface area contributed by atoms with Crippen LogP contribution in [0.15, 0.2) is 158 Å². The van der Waals surface area contributed by atoms with Gasteiger partial charge in [-0.05, 0) is 160 Å². The summed E-state index contributed by atoms with van der Waals surface area (Å²) in [5, 5.41) is 3.73. The zero-order valence-corrected chi connectivity index (χ0v) is 42.3. The van der Waals surface area contributed by atoms with Crippen LogP contribution in [-0.4, -0.2) is 20.1 Å². The zero-order chi connectivity index (χ0) is 50.4. The molecule has 11 rings (SSSR count). The Hall–Kier alpha value is -7.51. The third kappa shape index (κ3) is 8.77. The summed E-state index contributed by atoms with van der Waals surface area (Å²) in [5.41, 5.74) is 11.1. The van der Waals surface area contributed by atoms with Crippen LogP contribution in [0.5, 0.6) is 17.2 Å².